The Morgan fingerprint density at radius 2 is 1.57 bits per heavy atom. The highest BCUT2D eigenvalue weighted by Gasteiger charge is 2.18. The predicted octanol–water partition coefficient (Wildman–Crippen LogP) is 3.87. The lowest BCUT2D eigenvalue weighted by atomic mass is 9.87. The molecule has 3 heteroatoms. The van der Waals surface area contributed by atoms with Gasteiger partial charge in [-0.2, -0.15) is 5.26 Å². The molecule has 0 atom stereocenters. The van der Waals surface area contributed by atoms with E-state index in [9.17, 15) is 5.26 Å². The second-order valence-electron chi connectivity index (χ2n) is 4.63. The van der Waals surface area contributed by atoms with Crippen LogP contribution in [0.1, 0.15) is 16.7 Å². The molecule has 100 valence electrons. The molecule has 0 bridgehead atoms. The fraction of sp³-hybridized carbons (Fsp3) is 0. The first-order valence-electron chi connectivity index (χ1n) is 6.55. The van der Waals surface area contributed by atoms with Crippen molar-refractivity contribution < 1.29 is 5.21 Å². The van der Waals surface area contributed by atoms with Gasteiger partial charge in [0.1, 0.15) is 11.8 Å². The smallest absolute Gasteiger partial charge is 0.110 e. The van der Waals surface area contributed by atoms with E-state index in [2.05, 4.69) is 11.2 Å². The third-order valence-corrected chi connectivity index (χ3v) is 3.45. The zero-order valence-electron chi connectivity index (χ0n) is 11.2. The van der Waals surface area contributed by atoms with Gasteiger partial charge in [-0.3, -0.25) is 0 Å². The second kappa shape index (κ2) is 5.48. The first-order valence-corrected chi connectivity index (χ1v) is 6.55. The van der Waals surface area contributed by atoms with Gasteiger partial charge in [-0.1, -0.05) is 65.8 Å². The van der Waals surface area contributed by atoms with Crippen molar-refractivity contribution in [1.29, 1.82) is 5.26 Å². The predicted molar refractivity (Wildman–Crippen MR) is 82.8 cm³/mol. The molecule has 3 nitrogen and oxygen atoms in total. The van der Waals surface area contributed by atoms with E-state index >= 15 is 0 Å². The van der Waals surface area contributed by atoms with E-state index in [0.29, 0.717) is 11.3 Å². The number of hydrogen-bond donors (Lipinski definition) is 1. The Morgan fingerprint density at radius 1 is 0.905 bits per heavy atom. The largest absolute Gasteiger partial charge is 0.410 e. The van der Waals surface area contributed by atoms with Gasteiger partial charge >= 0.3 is 0 Å². The zero-order chi connectivity index (χ0) is 14.7. The van der Waals surface area contributed by atoms with Gasteiger partial charge in [-0.25, -0.2) is 0 Å². The molecular weight excluding hydrogens is 260 g/mol. The summed E-state index contributed by atoms with van der Waals surface area (Å²) in [5.41, 5.74) is 4.54. The normalized spacial score (nSPS) is 17.2. The Morgan fingerprint density at radius 3 is 2.24 bits per heavy atom. The Hall–Kier alpha value is -3.12. The van der Waals surface area contributed by atoms with Crippen LogP contribution in [0.4, 0.5) is 0 Å². The van der Waals surface area contributed by atoms with Gasteiger partial charge in [-0.15, -0.1) is 0 Å². The van der Waals surface area contributed by atoms with Gasteiger partial charge in [-0.05, 0) is 17.2 Å². The highest BCUT2D eigenvalue weighted by atomic mass is 16.4. The average molecular weight is 272 g/mol. The lowest BCUT2D eigenvalue weighted by molar-refractivity contribution is 0.320. The van der Waals surface area contributed by atoms with Crippen LogP contribution in [0.15, 0.2) is 71.9 Å². The first kappa shape index (κ1) is 12.9. The topological polar surface area (TPSA) is 56.4 Å². The fourth-order valence-corrected chi connectivity index (χ4v) is 2.47. The van der Waals surface area contributed by atoms with Crippen LogP contribution in [-0.2, 0) is 0 Å². The van der Waals surface area contributed by atoms with Crippen LogP contribution in [0.2, 0.25) is 0 Å². The molecule has 0 aliphatic heterocycles. The summed E-state index contributed by atoms with van der Waals surface area (Å²) in [5.74, 6) is 0. The molecule has 0 amide bonds. The van der Waals surface area contributed by atoms with Crippen LogP contribution >= 0.6 is 0 Å². The van der Waals surface area contributed by atoms with E-state index in [0.717, 1.165) is 22.3 Å². The maximum atomic E-state index is 9.56. The van der Waals surface area contributed by atoms with Crippen molar-refractivity contribution in [2.24, 2.45) is 5.16 Å². The molecule has 1 N–H and O–H groups in total. The van der Waals surface area contributed by atoms with Gasteiger partial charge in [0.15, 0.2) is 0 Å². The number of nitrogens with zero attached hydrogens (tertiary/aromatic N) is 2. The summed E-state index contributed by atoms with van der Waals surface area (Å²) in [6.07, 6.45) is 3.54. The van der Waals surface area contributed by atoms with Crippen molar-refractivity contribution in [2.45, 2.75) is 0 Å². The van der Waals surface area contributed by atoms with E-state index in [1.54, 1.807) is 6.08 Å². The summed E-state index contributed by atoms with van der Waals surface area (Å²) < 4.78 is 0. The molecule has 0 spiro atoms. The van der Waals surface area contributed by atoms with Crippen LogP contribution in [0.25, 0.3) is 11.1 Å². The summed E-state index contributed by atoms with van der Waals surface area (Å²) in [5, 5.41) is 22.0. The van der Waals surface area contributed by atoms with Crippen molar-refractivity contribution in [3.8, 4) is 6.07 Å². The number of benzene rings is 2. The second-order valence-corrected chi connectivity index (χ2v) is 4.63. The molecule has 1 aliphatic rings. The van der Waals surface area contributed by atoms with Crippen LogP contribution in [-0.4, -0.2) is 10.9 Å². The van der Waals surface area contributed by atoms with Crippen molar-refractivity contribution in [2.75, 3.05) is 0 Å². The SMILES string of the molecule is N#C/C(=C1C=C/C(=N\O)c2ccccc2\1)c1ccccc1. The molecule has 1 aliphatic carbocycles. The molecule has 0 fully saturated rings. The number of fused-ring (bicyclic) bond motifs is 1. The molecule has 3 rings (SSSR count). The minimum atomic E-state index is 0.500. The van der Waals surface area contributed by atoms with Gasteiger partial charge in [0.25, 0.3) is 0 Å². The molecule has 0 saturated heterocycles. The lowest BCUT2D eigenvalue weighted by Crippen LogP contribution is -2.07. The molecule has 0 unspecified atom stereocenters. The van der Waals surface area contributed by atoms with Crippen LogP contribution < -0.4 is 0 Å². The molecule has 0 radical (unpaired) electrons. The quantitative estimate of drug-likeness (QED) is 0.486. The van der Waals surface area contributed by atoms with E-state index < -0.39 is 0 Å². The zero-order valence-corrected chi connectivity index (χ0v) is 11.2. The Bertz CT molecular complexity index is 809. The van der Waals surface area contributed by atoms with Crippen LogP contribution in [0, 0.1) is 11.3 Å². The third kappa shape index (κ3) is 2.24. The minimum Gasteiger partial charge on any atom is -0.410 e. The summed E-state index contributed by atoms with van der Waals surface area (Å²) in [6.45, 7) is 0. The number of hydrogen-bond acceptors (Lipinski definition) is 3. The molecule has 0 aromatic heterocycles. The van der Waals surface area contributed by atoms with Gasteiger partial charge in [0.2, 0.25) is 0 Å². The summed E-state index contributed by atoms with van der Waals surface area (Å²) in [7, 11) is 0. The van der Waals surface area contributed by atoms with Crippen LogP contribution in [0.5, 0.6) is 0 Å². The molecule has 0 heterocycles. The number of oxime groups is 1. The fourth-order valence-electron chi connectivity index (χ4n) is 2.47. The van der Waals surface area contributed by atoms with Gasteiger partial charge in [0, 0.05) is 11.1 Å². The van der Waals surface area contributed by atoms with Gasteiger partial charge < -0.3 is 5.21 Å². The van der Waals surface area contributed by atoms with E-state index in [1.165, 1.54) is 0 Å². The highest BCUT2D eigenvalue weighted by Crippen LogP contribution is 2.32. The van der Waals surface area contributed by atoms with Crippen LogP contribution in [0.3, 0.4) is 0 Å². The minimum absolute atomic E-state index is 0.500. The maximum absolute atomic E-state index is 9.56. The van der Waals surface area contributed by atoms with Gasteiger partial charge in [0.05, 0.1) is 5.57 Å². The first-order chi connectivity index (χ1) is 10.3. The van der Waals surface area contributed by atoms with Crippen molar-refractivity contribution >= 4 is 16.9 Å². The van der Waals surface area contributed by atoms with Crippen molar-refractivity contribution in [3.05, 3.63) is 83.4 Å². The average Bonchev–Trinajstić information content (AvgIpc) is 2.56. The van der Waals surface area contributed by atoms with E-state index in [-0.39, 0.29) is 0 Å². The summed E-state index contributed by atoms with van der Waals surface area (Å²) in [6, 6.07) is 19.5. The van der Waals surface area contributed by atoms with E-state index in [4.69, 9.17) is 5.21 Å². The highest BCUT2D eigenvalue weighted by molar-refractivity contribution is 6.18. The number of rotatable bonds is 1. The van der Waals surface area contributed by atoms with Crippen molar-refractivity contribution in [3.63, 3.8) is 0 Å². The van der Waals surface area contributed by atoms with Crippen molar-refractivity contribution in [1.82, 2.24) is 0 Å². The Labute approximate surface area is 122 Å². The molecular formula is C18H12N2O. The molecule has 2 aromatic carbocycles. The summed E-state index contributed by atoms with van der Waals surface area (Å²) in [4.78, 5) is 0. The monoisotopic (exact) mass is 272 g/mol. The Balaban J connectivity index is 2.28. The number of allylic oxidation sites excluding steroid dienone is 4. The maximum Gasteiger partial charge on any atom is 0.110 e. The molecule has 21 heavy (non-hydrogen) atoms. The standard InChI is InChI=1S/C18H12N2O/c19-12-17(13-6-2-1-3-7-13)15-10-11-18(20-21)16-9-5-4-8-14(15)16/h1-11,21H/b17-15-,20-18+. The Kier molecular flexibility index (Phi) is 3.36. The summed E-state index contributed by atoms with van der Waals surface area (Å²) >= 11 is 0. The lowest BCUT2D eigenvalue weighted by Gasteiger charge is -2.16. The van der Waals surface area contributed by atoms with E-state index in [1.807, 2.05) is 60.7 Å². The third-order valence-electron chi connectivity index (χ3n) is 3.45. The number of nitriles is 1. The molecule has 2 aromatic rings. The molecule has 0 saturated carbocycles.